The minimum absolute atomic E-state index is 0.645. The van der Waals surface area contributed by atoms with Crippen LogP contribution in [0.4, 0.5) is 0 Å². The van der Waals surface area contributed by atoms with Crippen LogP contribution in [0.5, 0.6) is 0 Å². The molecule has 0 bridgehead atoms. The van der Waals surface area contributed by atoms with Gasteiger partial charge < -0.3 is 0 Å². The summed E-state index contributed by atoms with van der Waals surface area (Å²) in [5, 5.41) is 9.53. The fourth-order valence-electron chi connectivity index (χ4n) is 7.63. The van der Waals surface area contributed by atoms with E-state index >= 15 is 0 Å². The van der Waals surface area contributed by atoms with Crippen LogP contribution in [-0.2, 0) is 0 Å². The van der Waals surface area contributed by atoms with Crippen LogP contribution in [0.2, 0.25) is 0 Å². The Morgan fingerprint density at radius 2 is 0.692 bits per heavy atom. The van der Waals surface area contributed by atoms with Crippen molar-refractivity contribution in [2.75, 3.05) is 0 Å². The lowest BCUT2D eigenvalue weighted by molar-refractivity contribution is 1.08. The highest BCUT2D eigenvalue weighted by Gasteiger charge is 2.18. The molecule has 52 heavy (non-hydrogen) atoms. The number of nitrogens with zero attached hydrogens (tertiary/aromatic N) is 3. The van der Waals surface area contributed by atoms with Crippen LogP contribution in [0.15, 0.2) is 188 Å². The van der Waals surface area contributed by atoms with Crippen molar-refractivity contribution in [2.24, 2.45) is 0 Å². The first kappa shape index (κ1) is 29.9. The first-order valence-corrected chi connectivity index (χ1v) is 17.6. The molecule has 3 nitrogen and oxygen atoms in total. The summed E-state index contributed by atoms with van der Waals surface area (Å²) in [7, 11) is 0. The molecule has 0 aliphatic heterocycles. The third kappa shape index (κ3) is 5.10. The predicted octanol–water partition coefficient (Wildman–Crippen LogP) is 12.8. The fraction of sp³-hybridized carbons (Fsp3) is 0. The Morgan fingerprint density at radius 3 is 1.40 bits per heavy atom. The highest BCUT2D eigenvalue weighted by atomic mass is 15.0. The van der Waals surface area contributed by atoms with Crippen molar-refractivity contribution >= 4 is 43.1 Å². The molecule has 0 spiro atoms. The first-order valence-electron chi connectivity index (χ1n) is 17.6. The van der Waals surface area contributed by atoms with E-state index in [0.29, 0.717) is 17.5 Å². The van der Waals surface area contributed by atoms with Gasteiger partial charge in [0.05, 0.1) is 0 Å². The van der Waals surface area contributed by atoms with Gasteiger partial charge in [-0.05, 0) is 77.5 Å². The van der Waals surface area contributed by atoms with Crippen molar-refractivity contribution in [3.05, 3.63) is 188 Å². The maximum absolute atomic E-state index is 5.25. The fourth-order valence-corrected chi connectivity index (χ4v) is 7.63. The average molecular weight is 662 g/mol. The van der Waals surface area contributed by atoms with Crippen LogP contribution < -0.4 is 0 Å². The van der Waals surface area contributed by atoms with Crippen molar-refractivity contribution in [2.45, 2.75) is 0 Å². The Labute approximate surface area is 301 Å². The van der Waals surface area contributed by atoms with E-state index < -0.39 is 0 Å². The van der Waals surface area contributed by atoms with Crippen LogP contribution in [0.25, 0.3) is 99.5 Å². The van der Waals surface area contributed by atoms with Gasteiger partial charge in [-0.1, -0.05) is 176 Å². The van der Waals surface area contributed by atoms with Gasteiger partial charge in [0.1, 0.15) is 0 Å². The summed E-state index contributed by atoms with van der Waals surface area (Å²) in [4.78, 5) is 15.5. The Kier molecular flexibility index (Phi) is 7.14. The number of rotatable bonds is 5. The highest BCUT2D eigenvalue weighted by Crippen LogP contribution is 2.39. The second kappa shape index (κ2) is 12.4. The van der Waals surface area contributed by atoms with Gasteiger partial charge >= 0.3 is 0 Å². The number of hydrogen-bond acceptors (Lipinski definition) is 3. The Bertz CT molecular complexity index is 2950. The number of aromatic nitrogens is 3. The molecule has 0 aliphatic rings. The zero-order chi connectivity index (χ0) is 34.4. The molecule has 3 heteroatoms. The molecular weight excluding hydrogens is 631 g/mol. The van der Waals surface area contributed by atoms with Gasteiger partial charge in [0, 0.05) is 16.7 Å². The molecule has 0 radical (unpaired) electrons. The minimum atomic E-state index is 0.645. The topological polar surface area (TPSA) is 38.7 Å². The van der Waals surface area contributed by atoms with Crippen molar-refractivity contribution in [1.29, 1.82) is 0 Å². The molecule has 0 amide bonds. The maximum atomic E-state index is 5.25. The van der Waals surface area contributed by atoms with Gasteiger partial charge in [0.2, 0.25) is 0 Å². The van der Waals surface area contributed by atoms with Crippen LogP contribution in [0, 0.1) is 0 Å². The largest absolute Gasteiger partial charge is 0.208 e. The monoisotopic (exact) mass is 661 g/mol. The van der Waals surface area contributed by atoms with E-state index in [2.05, 4.69) is 170 Å². The predicted molar refractivity (Wildman–Crippen MR) is 217 cm³/mol. The molecule has 0 unspecified atom stereocenters. The van der Waals surface area contributed by atoms with E-state index in [1.807, 2.05) is 18.2 Å². The van der Waals surface area contributed by atoms with Gasteiger partial charge in [-0.3, -0.25) is 0 Å². The van der Waals surface area contributed by atoms with Crippen molar-refractivity contribution in [3.63, 3.8) is 0 Å². The summed E-state index contributed by atoms with van der Waals surface area (Å²) in [5.74, 6) is 1.94. The van der Waals surface area contributed by atoms with Crippen molar-refractivity contribution < 1.29 is 0 Å². The summed E-state index contributed by atoms with van der Waals surface area (Å²) in [5.41, 5.74) is 7.60. The van der Waals surface area contributed by atoms with Crippen molar-refractivity contribution in [1.82, 2.24) is 15.0 Å². The van der Waals surface area contributed by atoms with E-state index in [9.17, 15) is 0 Å². The van der Waals surface area contributed by atoms with Crippen LogP contribution >= 0.6 is 0 Å². The molecule has 0 saturated carbocycles. The zero-order valence-electron chi connectivity index (χ0n) is 28.2. The molecule has 9 aromatic carbocycles. The SMILES string of the molecule is c1ccc(-c2nc(-c3cccc4c(-c5ccccc5)cccc34)nc(-c3ccc(-c4ccc5c(ccc6ccccc65)c4)c4ccccc34)n2)cc1. The quantitative estimate of drug-likeness (QED) is 0.172. The highest BCUT2D eigenvalue weighted by molar-refractivity contribution is 6.10. The van der Waals surface area contributed by atoms with Gasteiger partial charge in [-0.25, -0.2) is 15.0 Å². The number of fused-ring (bicyclic) bond motifs is 5. The van der Waals surface area contributed by atoms with Gasteiger partial charge in [-0.15, -0.1) is 0 Å². The standard InChI is InChI=1S/C49H31N3/c1-3-13-32(14-4-1)38-21-11-23-44-42(38)22-12-24-45(44)48-50-47(34-16-5-2-6-17-34)51-49(52-48)46-30-29-40(41-19-9-10-20-43(41)46)36-27-28-39-35(31-36)26-25-33-15-7-8-18-37(33)39/h1-31H. The van der Waals surface area contributed by atoms with E-state index in [-0.39, 0.29) is 0 Å². The Hall–Kier alpha value is -6.97. The molecule has 0 atom stereocenters. The van der Waals surface area contributed by atoms with Crippen molar-refractivity contribution in [3.8, 4) is 56.4 Å². The summed E-state index contributed by atoms with van der Waals surface area (Å²) >= 11 is 0. The lowest BCUT2D eigenvalue weighted by atomic mass is 9.92. The molecular formula is C49H31N3. The van der Waals surface area contributed by atoms with Gasteiger partial charge in [0.15, 0.2) is 17.5 Å². The average Bonchev–Trinajstić information content (AvgIpc) is 3.23. The first-order chi connectivity index (χ1) is 25.8. The molecule has 10 rings (SSSR count). The Balaban J connectivity index is 1.16. The molecule has 1 aromatic heterocycles. The van der Waals surface area contributed by atoms with Crippen LogP contribution in [-0.4, -0.2) is 15.0 Å². The second-order valence-corrected chi connectivity index (χ2v) is 13.2. The molecule has 242 valence electrons. The summed E-state index contributed by atoms with van der Waals surface area (Å²) < 4.78 is 0. The molecule has 0 aliphatic carbocycles. The van der Waals surface area contributed by atoms with E-state index in [1.165, 1.54) is 43.8 Å². The summed E-state index contributed by atoms with van der Waals surface area (Å²) in [6, 6.07) is 66.4. The minimum Gasteiger partial charge on any atom is -0.208 e. The number of hydrogen-bond donors (Lipinski definition) is 0. The molecule has 0 fully saturated rings. The lowest BCUT2D eigenvalue weighted by Crippen LogP contribution is -2.01. The smallest absolute Gasteiger partial charge is 0.164 e. The third-order valence-electron chi connectivity index (χ3n) is 10.1. The molecule has 1 heterocycles. The maximum Gasteiger partial charge on any atom is 0.164 e. The third-order valence-corrected chi connectivity index (χ3v) is 10.1. The van der Waals surface area contributed by atoms with Gasteiger partial charge in [0.25, 0.3) is 0 Å². The van der Waals surface area contributed by atoms with E-state index in [1.54, 1.807) is 0 Å². The second-order valence-electron chi connectivity index (χ2n) is 13.2. The number of benzene rings is 9. The normalized spacial score (nSPS) is 11.5. The van der Waals surface area contributed by atoms with E-state index in [0.717, 1.165) is 38.2 Å². The summed E-state index contributed by atoms with van der Waals surface area (Å²) in [6.45, 7) is 0. The van der Waals surface area contributed by atoms with Crippen LogP contribution in [0.1, 0.15) is 0 Å². The van der Waals surface area contributed by atoms with Crippen LogP contribution in [0.3, 0.4) is 0 Å². The molecule has 0 saturated heterocycles. The van der Waals surface area contributed by atoms with E-state index in [4.69, 9.17) is 15.0 Å². The Morgan fingerprint density at radius 1 is 0.231 bits per heavy atom. The molecule has 0 N–H and O–H groups in total. The lowest BCUT2D eigenvalue weighted by Gasteiger charge is -2.15. The summed E-state index contributed by atoms with van der Waals surface area (Å²) in [6.07, 6.45) is 0. The van der Waals surface area contributed by atoms with Gasteiger partial charge in [-0.2, -0.15) is 0 Å². The molecule has 10 aromatic rings. The zero-order valence-corrected chi connectivity index (χ0v) is 28.2.